The Balaban J connectivity index is 1.73. The fourth-order valence-corrected chi connectivity index (χ4v) is 2.06. The van der Waals surface area contributed by atoms with Gasteiger partial charge in [0.15, 0.2) is 0 Å². The van der Waals surface area contributed by atoms with Crippen LogP contribution in [0.15, 0.2) is 36.5 Å². The van der Waals surface area contributed by atoms with E-state index in [2.05, 4.69) is 10.3 Å². The summed E-state index contributed by atoms with van der Waals surface area (Å²) in [6.45, 7) is 4.32. The molecule has 2 aromatic rings. The Hall–Kier alpha value is -2.07. The van der Waals surface area contributed by atoms with Gasteiger partial charge in [-0.05, 0) is 55.7 Å². The standard InChI is InChI=1S/C17H19ClN2O2/c1-12-5-3-9-19-17(12)20-16(21)6-4-10-22-14-7-8-15(18)13(2)11-14/h3,5,7-9,11H,4,6,10H2,1-2H3,(H,19,20,21). The lowest BCUT2D eigenvalue weighted by molar-refractivity contribution is -0.116. The van der Waals surface area contributed by atoms with Gasteiger partial charge >= 0.3 is 0 Å². The van der Waals surface area contributed by atoms with Crippen LogP contribution in [-0.2, 0) is 4.79 Å². The van der Waals surface area contributed by atoms with Gasteiger partial charge in [-0.1, -0.05) is 17.7 Å². The molecule has 0 fully saturated rings. The number of aromatic nitrogens is 1. The van der Waals surface area contributed by atoms with Crippen LogP contribution in [0.25, 0.3) is 0 Å². The molecule has 116 valence electrons. The van der Waals surface area contributed by atoms with Gasteiger partial charge in [0, 0.05) is 17.6 Å². The zero-order valence-corrected chi connectivity index (χ0v) is 13.5. The molecule has 4 nitrogen and oxygen atoms in total. The highest BCUT2D eigenvalue weighted by Crippen LogP contribution is 2.21. The van der Waals surface area contributed by atoms with Crippen molar-refractivity contribution >= 4 is 23.3 Å². The summed E-state index contributed by atoms with van der Waals surface area (Å²) in [5, 5.41) is 3.52. The van der Waals surface area contributed by atoms with Gasteiger partial charge in [-0.15, -0.1) is 0 Å². The number of anilines is 1. The van der Waals surface area contributed by atoms with Gasteiger partial charge in [0.05, 0.1) is 6.61 Å². The summed E-state index contributed by atoms with van der Waals surface area (Å²) in [4.78, 5) is 16.0. The molecule has 0 saturated carbocycles. The number of pyridine rings is 1. The molecule has 1 aromatic carbocycles. The third-order valence-electron chi connectivity index (χ3n) is 3.21. The first-order chi connectivity index (χ1) is 10.6. The van der Waals surface area contributed by atoms with E-state index in [1.807, 2.05) is 44.2 Å². The van der Waals surface area contributed by atoms with Crippen LogP contribution in [0, 0.1) is 13.8 Å². The fraction of sp³-hybridized carbons (Fsp3) is 0.294. The second-order valence-corrected chi connectivity index (χ2v) is 5.49. The van der Waals surface area contributed by atoms with Gasteiger partial charge in [0.1, 0.15) is 11.6 Å². The molecule has 1 amide bonds. The number of carbonyl (C=O) groups is 1. The lowest BCUT2D eigenvalue weighted by atomic mass is 10.2. The second-order valence-electron chi connectivity index (χ2n) is 5.08. The maximum Gasteiger partial charge on any atom is 0.225 e. The molecule has 2 rings (SSSR count). The van der Waals surface area contributed by atoms with E-state index in [1.54, 1.807) is 6.20 Å². The zero-order chi connectivity index (χ0) is 15.9. The third-order valence-corrected chi connectivity index (χ3v) is 3.64. The van der Waals surface area contributed by atoms with E-state index in [1.165, 1.54) is 0 Å². The van der Waals surface area contributed by atoms with Crippen LogP contribution in [0.3, 0.4) is 0 Å². The number of ether oxygens (including phenoxy) is 1. The van der Waals surface area contributed by atoms with E-state index in [0.29, 0.717) is 25.3 Å². The van der Waals surface area contributed by atoms with Crippen LogP contribution in [0.5, 0.6) is 5.75 Å². The lowest BCUT2D eigenvalue weighted by Crippen LogP contribution is -2.14. The van der Waals surface area contributed by atoms with Crippen molar-refractivity contribution in [1.29, 1.82) is 0 Å². The van der Waals surface area contributed by atoms with Crippen molar-refractivity contribution in [2.45, 2.75) is 26.7 Å². The number of hydrogen-bond acceptors (Lipinski definition) is 3. The Bertz CT molecular complexity index is 659. The van der Waals surface area contributed by atoms with Gasteiger partial charge in [-0.2, -0.15) is 0 Å². The summed E-state index contributed by atoms with van der Waals surface area (Å²) < 4.78 is 5.61. The minimum atomic E-state index is -0.0577. The molecule has 1 aromatic heterocycles. The topological polar surface area (TPSA) is 51.2 Å². The highest BCUT2D eigenvalue weighted by Gasteiger charge is 2.05. The molecule has 0 saturated heterocycles. The van der Waals surface area contributed by atoms with E-state index >= 15 is 0 Å². The maximum absolute atomic E-state index is 11.9. The summed E-state index contributed by atoms with van der Waals surface area (Å²) in [6, 6.07) is 9.27. The van der Waals surface area contributed by atoms with Gasteiger partial charge < -0.3 is 10.1 Å². The second kappa shape index (κ2) is 7.80. The molecule has 0 radical (unpaired) electrons. The van der Waals surface area contributed by atoms with Gasteiger partial charge in [-0.3, -0.25) is 4.79 Å². The largest absolute Gasteiger partial charge is 0.494 e. The molecule has 5 heteroatoms. The van der Waals surface area contributed by atoms with Gasteiger partial charge in [0.2, 0.25) is 5.91 Å². The number of nitrogens with one attached hydrogen (secondary N) is 1. The van der Waals surface area contributed by atoms with Crippen molar-refractivity contribution in [2.75, 3.05) is 11.9 Å². The maximum atomic E-state index is 11.9. The minimum absolute atomic E-state index is 0.0577. The third kappa shape index (κ3) is 4.74. The number of hydrogen-bond donors (Lipinski definition) is 1. The van der Waals surface area contributed by atoms with Crippen molar-refractivity contribution in [2.24, 2.45) is 0 Å². The van der Waals surface area contributed by atoms with Crippen LogP contribution >= 0.6 is 11.6 Å². The molecular formula is C17H19ClN2O2. The summed E-state index contributed by atoms with van der Waals surface area (Å²) >= 11 is 5.96. The summed E-state index contributed by atoms with van der Waals surface area (Å²) in [5.41, 5.74) is 1.92. The first-order valence-electron chi connectivity index (χ1n) is 7.16. The number of amides is 1. The van der Waals surface area contributed by atoms with E-state index in [9.17, 15) is 4.79 Å². The summed E-state index contributed by atoms with van der Waals surface area (Å²) in [6.07, 6.45) is 2.69. The quantitative estimate of drug-likeness (QED) is 0.814. The van der Waals surface area contributed by atoms with Crippen molar-refractivity contribution in [1.82, 2.24) is 4.98 Å². The molecule has 22 heavy (non-hydrogen) atoms. The van der Waals surface area contributed by atoms with Crippen LogP contribution in [0.2, 0.25) is 5.02 Å². The molecule has 0 spiro atoms. The predicted octanol–water partition coefficient (Wildman–Crippen LogP) is 4.15. The normalized spacial score (nSPS) is 10.3. The average Bonchev–Trinajstić information content (AvgIpc) is 2.49. The number of benzene rings is 1. The molecule has 1 N–H and O–H groups in total. The zero-order valence-electron chi connectivity index (χ0n) is 12.7. The highest BCUT2D eigenvalue weighted by atomic mass is 35.5. The highest BCUT2D eigenvalue weighted by molar-refractivity contribution is 6.31. The summed E-state index contributed by atoms with van der Waals surface area (Å²) in [7, 11) is 0. The number of nitrogens with zero attached hydrogens (tertiary/aromatic N) is 1. The van der Waals surface area contributed by atoms with Crippen LogP contribution in [-0.4, -0.2) is 17.5 Å². The van der Waals surface area contributed by atoms with Crippen molar-refractivity contribution in [3.8, 4) is 5.75 Å². The smallest absolute Gasteiger partial charge is 0.225 e. The van der Waals surface area contributed by atoms with Crippen molar-refractivity contribution in [3.05, 3.63) is 52.7 Å². The molecular weight excluding hydrogens is 300 g/mol. The predicted molar refractivity (Wildman–Crippen MR) is 88.5 cm³/mol. The molecule has 1 heterocycles. The molecule has 0 aliphatic rings. The minimum Gasteiger partial charge on any atom is -0.494 e. The van der Waals surface area contributed by atoms with Gasteiger partial charge in [0.25, 0.3) is 0 Å². The first-order valence-corrected chi connectivity index (χ1v) is 7.54. The number of carbonyl (C=O) groups excluding carboxylic acids is 1. The Morgan fingerprint density at radius 2 is 2.09 bits per heavy atom. The van der Waals surface area contributed by atoms with Crippen molar-refractivity contribution < 1.29 is 9.53 Å². The Morgan fingerprint density at radius 1 is 1.27 bits per heavy atom. The molecule has 0 unspecified atom stereocenters. The van der Waals surface area contributed by atoms with Crippen LogP contribution in [0.4, 0.5) is 5.82 Å². The van der Waals surface area contributed by atoms with E-state index < -0.39 is 0 Å². The SMILES string of the molecule is Cc1cc(OCCCC(=O)Nc2ncccc2C)ccc1Cl. The lowest BCUT2D eigenvalue weighted by Gasteiger charge is -2.09. The Labute approximate surface area is 135 Å². The number of aryl methyl sites for hydroxylation is 2. The Kier molecular flexibility index (Phi) is 5.78. The average molecular weight is 319 g/mol. The van der Waals surface area contributed by atoms with Crippen LogP contribution < -0.4 is 10.1 Å². The summed E-state index contributed by atoms with van der Waals surface area (Å²) in [5.74, 6) is 1.32. The monoisotopic (exact) mass is 318 g/mol. The van der Waals surface area contributed by atoms with Crippen LogP contribution in [0.1, 0.15) is 24.0 Å². The number of rotatable bonds is 6. The molecule has 0 bridgehead atoms. The number of halogens is 1. The fourth-order valence-electron chi connectivity index (χ4n) is 1.94. The Morgan fingerprint density at radius 3 is 2.82 bits per heavy atom. The molecule has 0 atom stereocenters. The van der Waals surface area contributed by atoms with Crippen molar-refractivity contribution in [3.63, 3.8) is 0 Å². The first kappa shape index (κ1) is 16.3. The molecule has 0 aliphatic carbocycles. The van der Waals surface area contributed by atoms with Gasteiger partial charge in [-0.25, -0.2) is 4.98 Å². The van der Waals surface area contributed by atoms with E-state index in [4.69, 9.17) is 16.3 Å². The van der Waals surface area contributed by atoms with E-state index in [0.717, 1.165) is 21.9 Å². The van der Waals surface area contributed by atoms with E-state index in [-0.39, 0.29) is 5.91 Å². The molecule has 0 aliphatic heterocycles.